The lowest BCUT2D eigenvalue weighted by Gasteiger charge is -2.06. The predicted octanol–water partition coefficient (Wildman–Crippen LogP) is -0.384. The van der Waals surface area contributed by atoms with Gasteiger partial charge in [-0.05, 0) is 6.42 Å². The largest absolute Gasteiger partial charge is 0.273 e. The number of hydrazine groups is 1. The Balaban J connectivity index is 2.17. The number of aromatic nitrogens is 3. The van der Waals surface area contributed by atoms with Crippen molar-refractivity contribution >= 4 is 11.8 Å². The van der Waals surface area contributed by atoms with Crippen LogP contribution in [0.2, 0.25) is 0 Å². The average molecular weight is 225 g/mol. The standard InChI is InChI=1S/C9H15N5O2/c1-2-3-4-8(15)12-13-9(16)5-14-7-10-6-11-14/h6-7H,2-5H2,1H3,(H,12,15)(H,13,16). The molecule has 1 rings (SSSR count). The SMILES string of the molecule is CCCCC(=O)NNC(=O)Cn1cncn1. The smallest absolute Gasteiger partial charge is 0.260 e. The van der Waals surface area contributed by atoms with Crippen LogP contribution in [0, 0.1) is 0 Å². The normalized spacial score (nSPS) is 9.81. The van der Waals surface area contributed by atoms with Gasteiger partial charge in [-0.15, -0.1) is 0 Å². The highest BCUT2D eigenvalue weighted by Gasteiger charge is 2.04. The number of nitrogens with one attached hydrogen (secondary N) is 2. The Bertz CT molecular complexity index is 336. The third-order valence-electron chi connectivity index (χ3n) is 1.87. The number of hydrogen-bond donors (Lipinski definition) is 2. The molecule has 0 aliphatic rings. The molecule has 0 aliphatic heterocycles. The number of amides is 2. The Kier molecular flexibility index (Phi) is 4.97. The molecule has 16 heavy (non-hydrogen) atoms. The molecule has 0 aromatic carbocycles. The molecule has 0 atom stereocenters. The van der Waals surface area contributed by atoms with Gasteiger partial charge in [0.15, 0.2) is 0 Å². The van der Waals surface area contributed by atoms with E-state index in [1.165, 1.54) is 17.3 Å². The molecule has 7 heteroatoms. The maximum Gasteiger partial charge on any atom is 0.260 e. The van der Waals surface area contributed by atoms with Gasteiger partial charge in [0, 0.05) is 6.42 Å². The summed E-state index contributed by atoms with van der Waals surface area (Å²) in [6.45, 7) is 2.03. The van der Waals surface area contributed by atoms with E-state index in [-0.39, 0.29) is 18.4 Å². The van der Waals surface area contributed by atoms with Crippen molar-refractivity contribution in [2.75, 3.05) is 0 Å². The van der Waals surface area contributed by atoms with E-state index in [0.29, 0.717) is 6.42 Å². The molecule has 88 valence electrons. The van der Waals surface area contributed by atoms with Crippen LogP contribution < -0.4 is 10.9 Å². The quantitative estimate of drug-likeness (QED) is 0.668. The Labute approximate surface area is 93.2 Å². The Morgan fingerprint density at radius 1 is 1.31 bits per heavy atom. The average Bonchev–Trinajstić information content (AvgIpc) is 2.76. The van der Waals surface area contributed by atoms with E-state index in [0.717, 1.165) is 12.8 Å². The van der Waals surface area contributed by atoms with E-state index in [1.54, 1.807) is 0 Å². The van der Waals surface area contributed by atoms with Gasteiger partial charge in [-0.25, -0.2) is 9.67 Å². The van der Waals surface area contributed by atoms with Crippen LogP contribution in [-0.2, 0) is 16.1 Å². The maximum atomic E-state index is 11.3. The van der Waals surface area contributed by atoms with Gasteiger partial charge >= 0.3 is 0 Å². The summed E-state index contributed by atoms with van der Waals surface area (Å²) < 4.78 is 1.37. The number of unbranched alkanes of at least 4 members (excludes halogenated alkanes) is 1. The number of nitrogens with zero attached hydrogens (tertiary/aromatic N) is 3. The summed E-state index contributed by atoms with van der Waals surface area (Å²) in [5.41, 5.74) is 4.63. The van der Waals surface area contributed by atoms with Crippen molar-refractivity contribution in [2.24, 2.45) is 0 Å². The molecule has 0 radical (unpaired) electrons. The van der Waals surface area contributed by atoms with Crippen molar-refractivity contribution in [2.45, 2.75) is 32.7 Å². The third kappa shape index (κ3) is 4.54. The Hall–Kier alpha value is -1.92. The van der Waals surface area contributed by atoms with E-state index in [9.17, 15) is 9.59 Å². The molecular weight excluding hydrogens is 210 g/mol. The first kappa shape index (κ1) is 12.2. The highest BCUT2D eigenvalue weighted by atomic mass is 16.2. The number of hydrogen-bond acceptors (Lipinski definition) is 4. The second-order valence-electron chi connectivity index (χ2n) is 3.29. The maximum absolute atomic E-state index is 11.3. The van der Waals surface area contributed by atoms with Gasteiger partial charge in [0.05, 0.1) is 0 Å². The molecule has 2 amide bonds. The lowest BCUT2D eigenvalue weighted by molar-refractivity contribution is -0.129. The van der Waals surface area contributed by atoms with E-state index in [4.69, 9.17) is 0 Å². The van der Waals surface area contributed by atoms with Gasteiger partial charge in [-0.1, -0.05) is 13.3 Å². The molecule has 1 aromatic rings. The number of carbonyl (C=O) groups excluding carboxylic acids is 2. The second-order valence-corrected chi connectivity index (χ2v) is 3.29. The van der Waals surface area contributed by atoms with Crippen LogP contribution in [0.4, 0.5) is 0 Å². The fourth-order valence-corrected chi connectivity index (χ4v) is 1.04. The topological polar surface area (TPSA) is 88.9 Å². The van der Waals surface area contributed by atoms with Crippen molar-refractivity contribution < 1.29 is 9.59 Å². The summed E-state index contributed by atoms with van der Waals surface area (Å²) in [6.07, 6.45) is 4.94. The Morgan fingerprint density at radius 2 is 2.06 bits per heavy atom. The van der Waals surface area contributed by atoms with E-state index in [2.05, 4.69) is 20.9 Å². The van der Waals surface area contributed by atoms with Crippen LogP contribution in [0.3, 0.4) is 0 Å². The zero-order chi connectivity index (χ0) is 11.8. The van der Waals surface area contributed by atoms with Gasteiger partial charge in [0.2, 0.25) is 5.91 Å². The molecule has 7 nitrogen and oxygen atoms in total. The molecule has 0 unspecified atom stereocenters. The molecule has 0 bridgehead atoms. The molecule has 0 saturated heterocycles. The fraction of sp³-hybridized carbons (Fsp3) is 0.556. The van der Waals surface area contributed by atoms with Gasteiger partial charge < -0.3 is 0 Å². The summed E-state index contributed by atoms with van der Waals surface area (Å²) in [5.74, 6) is -0.524. The van der Waals surface area contributed by atoms with Crippen molar-refractivity contribution in [3.8, 4) is 0 Å². The Morgan fingerprint density at radius 3 is 2.69 bits per heavy atom. The summed E-state index contributed by atoms with van der Waals surface area (Å²) in [4.78, 5) is 26.1. The molecule has 1 heterocycles. The zero-order valence-electron chi connectivity index (χ0n) is 9.14. The lowest BCUT2D eigenvalue weighted by Crippen LogP contribution is -2.43. The summed E-state index contributed by atoms with van der Waals surface area (Å²) in [5, 5.41) is 3.76. The first-order valence-corrected chi connectivity index (χ1v) is 5.12. The fourth-order valence-electron chi connectivity index (χ4n) is 1.04. The van der Waals surface area contributed by atoms with Crippen molar-refractivity contribution in [1.82, 2.24) is 25.6 Å². The minimum absolute atomic E-state index is 0.0358. The van der Waals surface area contributed by atoms with Gasteiger partial charge in [0.25, 0.3) is 5.91 Å². The molecular formula is C9H15N5O2. The number of carbonyl (C=O) groups is 2. The van der Waals surface area contributed by atoms with E-state index >= 15 is 0 Å². The van der Waals surface area contributed by atoms with Crippen LogP contribution in [-0.4, -0.2) is 26.6 Å². The highest BCUT2D eigenvalue weighted by molar-refractivity contribution is 5.81. The number of rotatable bonds is 5. The minimum atomic E-state index is -0.338. The first-order chi connectivity index (χ1) is 7.72. The van der Waals surface area contributed by atoms with Crippen LogP contribution in [0.15, 0.2) is 12.7 Å². The lowest BCUT2D eigenvalue weighted by atomic mass is 10.2. The molecule has 0 saturated carbocycles. The van der Waals surface area contributed by atoms with E-state index in [1.807, 2.05) is 6.92 Å². The summed E-state index contributed by atoms with van der Waals surface area (Å²) in [6, 6.07) is 0. The molecule has 2 N–H and O–H groups in total. The van der Waals surface area contributed by atoms with E-state index < -0.39 is 0 Å². The summed E-state index contributed by atoms with van der Waals surface area (Å²) >= 11 is 0. The van der Waals surface area contributed by atoms with Crippen LogP contribution in [0.1, 0.15) is 26.2 Å². The first-order valence-electron chi connectivity index (χ1n) is 5.12. The van der Waals surface area contributed by atoms with Crippen molar-refractivity contribution in [3.05, 3.63) is 12.7 Å². The summed E-state index contributed by atoms with van der Waals surface area (Å²) in [7, 11) is 0. The minimum Gasteiger partial charge on any atom is -0.273 e. The van der Waals surface area contributed by atoms with Gasteiger partial charge in [-0.2, -0.15) is 5.10 Å². The molecule has 0 fully saturated rings. The molecule has 0 aliphatic carbocycles. The third-order valence-corrected chi connectivity index (χ3v) is 1.87. The van der Waals surface area contributed by atoms with Crippen molar-refractivity contribution in [1.29, 1.82) is 0 Å². The molecule has 1 aromatic heterocycles. The van der Waals surface area contributed by atoms with Crippen LogP contribution in [0.5, 0.6) is 0 Å². The second kappa shape index (κ2) is 6.54. The monoisotopic (exact) mass is 225 g/mol. The van der Waals surface area contributed by atoms with Gasteiger partial charge in [-0.3, -0.25) is 20.4 Å². The van der Waals surface area contributed by atoms with Crippen LogP contribution in [0.25, 0.3) is 0 Å². The highest BCUT2D eigenvalue weighted by Crippen LogP contribution is 1.91. The van der Waals surface area contributed by atoms with Crippen LogP contribution >= 0.6 is 0 Å². The van der Waals surface area contributed by atoms with Crippen molar-refractivity contribution in [3.63, 3.8) is 0 Å². The zero-order valence-corrected chi connectivity index (χ0v) is 9.14. The van der Waals surface area contributed by atoms with Gasteiger partial charge in [0.1, 0.15) is 19.2 Å². The predicted molar refractivity (Wildman–Crippen MR) is 55.8 cm³/mol. The molecule has 0 spiro atoms.